The van der Waals surface area contributed by atoms with Crippen LogP contribution in [0.3, 0.4) is 0 Å². The molecule has 1 unspecified atom stereocenters. The predicted octanol–water partition coefficient (Wildman–Crippen LogP) is -0.229. The third-order valence-electron chi connectivity index (χ3n) is 6.16. The van der Waals surface area contributed by atoms with E-state index >= 15 is 0 Å². The van der Waals surface area contributed by atoms with Gasteiger partial charge in [-0.2, -0.15) is 4.98 Å². The van der Waals surface area contributed by atoms with Crippen LogP contribution in [0.5, 0.6) is 0 Å². The molecule has 10 nitrogen and oxygen atoms in total. The van der Waals surface area contributed by atoms with Crippen molar-refractivity contribution in [3.63, 3.8) is 0 Å². The quantitative estimate of drug-likeness (QED) is 0.592. The Kier molecular flexibility index (Phi) is 4.69. The molecule has 3 aliphatic rings. The van der Waals surface area contributed by atoms with Gasteiger partial charge in [0.05, 0.1) is 18.9 Å². The predicted molar refractivity (Wildman–Crippen MR) is 108 cm³/mol. The summed E-state index contributed by atoms with van der Waals surface area (Å²) in [7, 11) is 0. The van der Waals surface area contributed by atoms with Crippen LogP contribution in [-0.4, -0.2) is 70.2 Å². The molecule has 2 aliphatic heterocycles. The van der Waals surface area contributed by atoms with E-state index in [1.807, 2.05) is 0 Å². The second kappa shape index (κ2) is 7.36. The molecule has 5 rings (SSSR count). The van der Waals surface area contributed by atoms with E-state index in [1.54, 1.807) is 12.4 Å². The maximum atomic E-state index is 9.65. The molecule has 1 aliphatic carbocycles. The topological polar surface area (TPSA) is 140 Å². The number of morpholine rings is 1. The molecule has 154 valence electrons. The average Bonchev–Trinajstić information content (AvgIpc) is 3.11. The van der Waals surface area contributed by atoms with Crippen LogP contribution in [-0.2, 0) is 11.2 Å². The Balaban J connectivity index is 1.52. The second-order valence-electron chi connectivity index (χ2n) is 7.92. The number of rotatable bonds is 4. The summed E-state index contributed by atoms with van der Waals surface area (Å²) in [5, 5.41) is 9.65. The highest BCUT2D eigenvalue weighted by Gasteiger charge is 2.40. The monoisotopic (exact) mass is 398 g/mol. The summed E-state index contributed by atoms with van der Waals surface area (Å²) in [4.78, 5) is 22.7. The summed E-state index contributed by atoms with van der Waals surface area (Å²) in [6.07, 6.45) is 5.33. The maximum absolute atomic E-state index is 9.65. The van der Waals surface area contributed by atoms with E-state index in [0.717, 1.165) is 61.5 Å². The van der Waals surface area contributed by atoms with Gasteiger partial charge in [-0.15, -0.1) is 0 Å². The van der Waals surface area contributed by atoms with Crippen molar-refractivity contribution in [2.24, 2.45) is 11.7 Å². The number of nitrogens with zero attached hydrogens (tertiary/aromatic N) is 6. The smallest absolute Gasteiger partial charge is 0.228 e. The van der Waals surface area contributed by atoms with Crippen molar-refractivity contribution < 1.29 is 9.84 Å². The molecule has 0 spiro atoms. The Morgan fingerprint density at radius 2 is 1.83 bits per heavy atom. The number of fused-ring (bicyclic) bond motifs is 1. The zero-order valence-electron chi connectivity index (χ0n) is 16.2. The van der Waals surface area contributed by atoms with E-state index in [9.17, 15) is 5.11 Å². The lowest BCUT2D eigenvalue weighted by molar-refractivity contribution is 0.0543. The van der Waals surface area contributed by atoms with E-state index in [-0.39, 0.29) is 11.9 Å². The van der Waals surface area contributed by atoms with Gasteiger partial charge in [0.25, 0.3) is 0 Å². The second-order valence-corrected chi connectivity index (χ2v) is 7.92. The maximum Gasteiger partial charge on any atom is 0.228 e. The summed E-state index contributed by atoms with van der Waals surface area (Å²) < 4.78 is 5.48. The van der Waals surface area contributed by atoms with E-state index in [1.165, 1.54) is 0 Å². The number of nitrogens with two attached hydrogens (primary N) is 2. The lowest BCUT2D eigenvalue weighted by Crippen LogP contribution is -2.50. The van der Waals surface area contributed by atoms with Gasteiger partial charge in [0.15, 0.2) is 0 Å². The van der Waals surface area contributed by atoms with Gasteiger partial charge in [0.1, 0.15) is 12.0 Å². The number of anilines is 3. The van der Waals surface area contributed by atoms with Crippen molar-refractivity contribution in [2.75, 3.05) is 48.4 Å². The summed E-state index contributed by atoms with van der Waals surface area (Å²) in [5.74, 6) is 2.09. The molecule has 0 amide bonds. The minimum Gasteiger partial charge on any atom is -0.379 e. The van der Waals surface area contributed by atoms with Crippen LogP contribution in [0.2, 0.25) is 0 Å². The van der Waals surface area contributed by atoms with E-state index < -0.39 is 6.23 Å². The van der Waals surface area contributed by atoms with Gasteiger partial charge in [0, 0.05) is 55.1 Å². The van der Waals surface area contributed by atoms with Crippen LogP contribution < -0.4 is 21.3 Å². The molecular formula is C19H26N8O2. The van der Waals surface area contributed by atoms with Crippen LogP contribution in [0.1, 0.15) is 18.4 Å². The highest BCUT2D eigenvalue weighted by molar-refractivity contribution is 5.72. The van der Waals surface area contributed by atoms with Crippen molar-refractivity contribution in [1.29, 1.82) is 0 Å². The molecular weight excluding hydrogens is 372 g/mol. The molecule has 10 heteroatoms. The van der Waals surface area contributed by atoms with Crippen LogP contribution >= 0.6 is 0 Å². The minimum absolute atomic E-state index is 0.162. The fourth-order valence-corrected chi connectivity index (χ4v) is 4.39. The fourth-order valence-electron chi connectivity index (χ4n) is 4.39. The summed E-state index contributed by atoms with van der Waals surface area (Å²) >= 11 is 0. The zero-order valence-corrected chi connectivity index (χ0v) is 16.2. The highest BCUT2D eigenvalue weighted by Crippen LogP contribution is 2.42. The number of aliphatic hydroxyl groups excluding tert-OH is 1. The van der Waals surface area contributed by atoms with Gasteiger partial charge < -0.3 is 31.1 Å². The molecule has 29 heavy (non-hydrogen) atoms. The first-order valence-corrected chi connectivity index (χ1v) is 10.1. The Morgan fingerprint density at radius 1 is 1.10 bits per heavy atom. The van der Waals surface area contributed by atoms with E-state index in [0.29, 0.717) is 25.2 Å². The Morgan fingerprint density at radius 3 is 2.52 bits per heavy atom. The Labute approximate surface area is 168 Å². The standard InChI is InChI=1S/C19H26N8O2/c20-16(28)11-7-13(8-11)27-2-1-14-15(12-9-22-18(21)23-10-12)24-19(25-17(14)27)26-3-5-29-6-4-26/h9-11,13,16,28H,1-8,20H2,(H2,21,22,23). The molecule has 1 atom stereocenters. The molecule has 5 N–H and O–H groups in total. The van der Waals surface area contributed by atoms with Crippen LogP contribution in [0, 0.1) is 5.92 Å². The SMILES string of the molecule is Nc1ncc(-c2nc(N3CCOCC3)nc3c2CCN3C2CC(C(N)O)C2)cn1. The molecule has 0 aromatic carbocycles. The number of ether oxygens (including phenoxy) is 1. The summed E-state index contributed by atoms with van der Waals surface area (Å²) in [6, 6.07) is 0.349. The van der Waals surface area contributed by atoms with Crippen LogP contribution in [0.25, 0.3) is 11.3 Å². The first kappa shape index (κ1) is 18.5. The minimum atomic E-state index is -0.745. The lowest BCUT2D eigenvalue weighted by Gasteiger charge is -2.43. The Hall–Kier alpha value is -2.56. The van der Waals surface area contributed by atoms with E-state index in [2.05, 4.69) is 19.8 Å². The van der Waals surface area contributed by atoms with Gasteiger partial charge >= 0.3 is 0 Å². The normalized spacial score (nSPS) is 24.9. The molecule has 2 aromatic rings. The third-order valence-corrected chi connectivity index (χ3v) is 6.16. The number of aliphatic hydroxyl groups is 1. The zero-order chi connectivity index (χ0) is 20.0. The van der Waals surface area contributed by atoms with Crippen molar-refractivity contribution in [3.8, 4) is 11.3 Å². The average molecular weight is 398 g/mol. The Bertz CT molecular complexity index is 879. The largest absolute Gasteiger partial charge is 0.379 e. The van der Waals surface area contributed by atoms with Gasteiger partial charge in [-0.3, -0.25) is 0 Å². The summed E-state index contributed by atoms with van der Waals surface area (Å²) in [6.45, 7) is 3.76. The van der Waals surface area contributed by atoms with Gasteiger partial charge in [-0.1, -0.05) is 0 Å². The molecule has 1 saturated carbocycles. The first-order chi connectivity index (χ1) is 14.1. The van der Waals surface area contributed by atoms with Crippen molar-refractivity contribution in [1.82, 2.24) is 19.9 Å². The van der Waals surface area contributed by atoms with Crippen molar-refractivity contribution in [3.05, 3.63) is 18.0 Å². The third kappa shape index (κ3) is 3.37. The van der Waals surface area contributed by atoms with Gasteiger partial charge in [-0.05, 0) is 19.3 Å². The fraction of sp³-hybridized carbons (Fsp3) is 0.579. The molecule has 2 fully saturated rings. The van der Waals surface area contributed by atoms with Crippen molar-refractivity contribution >= 4 is 17.7 Å². The van der Waals surface area contributed by atoms with Gasteiger partial charge in [0.2, 0.25) is 11.9 Å². The molecule has 1 saturated heterocycles. The molecule has 4 heterocycles. The first-order valence-electron chi connectivity index (χ1n) is 10.1. The van der Waals surface area contributed by atoms with Gasteiger partial charge in [-0.25, -0.2) is 15.0 Å². The molecule has 0 bridgehead atoms. The van der Waals surface area contributed by atoms with E-state index in [4.69, 9.17) is 26.2 Å². The lowest BCUT2D eigenvalue weighted by atomic mass is 9.78. The molecule has 0 radical (unpaired) electrons. The molecule has 2 aromatic heterocycles. The number of nitrogen functional groups attached to an aromatic ring is 1. The van der Waals surface area contributed by atoms with Crippen LogP contribution in [0.4, 0.5) is 17.7 Å². The number of hydrogen-bond donors (Lipinski definition) is 3. The highest BCUT2D eigenvalue weighted by atomic mass is 16.5. The van der Waals surface area contributed by atoms with Crippen LogP contribution in [0.15, 0.2) is 12.4 Å². The summed E-state index contributed by atoms with van der Waals surface area (Å²) in [5.41, 5.74) is 14.2. The number of aromatic nitrogens is 4. The van der Waals surface area contributed by atoms with Crippen molar-refractivity contribution in [2.45, 2.75) is 31.5 Å². The number of hydrogen-bond acceptors (Lipinski definition) is 10.